The summed E-state index contributed by atoms with van der Waals surface area (Å²) in [5, 5.41) is 18.7. The molecule has 10 aromatic rings. The molecule has 0 saturated heterocycles. The van der Waals surface area contributed by atoms with Crippen LogP contribution in [0.5, 0.6) is 5.75 Å². The van der Waals surface area contributed by atoms with Crippen LogP contribution in [0.2, 0.25) is 0 Å². The van der Waals surface area contributed by atoms with Crippen LogP contribution in [0.25, 0.3) is 93.7 Å². The third-order valence-corrected chi connectivity index (χ3v) is 10.3. The second-order valence-corrected chi connectivity index (χ2v) is 14.5. The number of benzene rings is 6. The average molecular weight is 660 g/mol. The summed E-state index contributed by atoms with van der Waals surface area (Å²) in [5.74, 6) is 0.139. The van der Waals surface area contributed by atoms with E-state index < -0.39 is 0 Å². The van der Waals surface area contributed by atoms with E-state index in [2.05, 4.69) is 141 Å². The van der Waals surface area contributed by atoms with E-state index in [1.807, 2.05) is 18.3 Å². The third kappa shape index (κ3) is 4.55. The number of aromatic hydroxyl groups is 1. The van der Waals surface area contributed by atoms with Crippen molar-refractivity contribution >= 4 is 60.0 Å². The quantitative estimate of drug-likeness (QED) is 0.192. The predicted octanol–water partition coefficient (Wildman–Crippen LogP) is 12.1. The molecule has 0 bridgehead atoms. The summed E-state index contributed by atoms with van der Waals surface area (Å²) in [6.45, 7) is 6.70. The van der Waals surface area contributed by atoms with Gasteiger partial charge in [-0.2, -0.15) is 0 Å². The number of furan rings is 1. The Morgan fingerprint density at radius 2 is 1.33 bits per heavy atom. The van der Waals surface area contributed by atoms with Gasteiger partial charge in [-0.25, -0.2) is 4.98 Å². The number of rotatable bonds is 3. The summed E-state index contributed by atoms with van der Waals surface area (Å²) < 4.78 is 8.55. The molecular formula is C46H33N3O2. The van der Waals surface area contributed by atoms with Gasteiger partial charge in [0.05, 0.1) is 22.3 Å². The minimum Gasteiger partial charge on any atom is -0.507 e. The topological polar surface area (TPSA) is 63.6 Å². The molecule has 0 unspecified atom stereocenters. The van der Waals surface area contributed by atoms with E-state index in [1.165, 1.54) is 5.56 Å². The molecule has 0 saturated carbocycles. The Labute approximate surface area is 294 Å². The van der Waals surface area contributed by atoms with Crippen LogP contribution in [0.1, 0.15) is 26.3 Å². The lowest BCUT2D eigenvalue weighted by atomic mass is 9.84. The molecule has 0 radical (unpaired) electrons. The highest BCUT2D eigenvalue weighted by molar-refractivity contribution is 6.33. The van der Waals surface area contributed by atoms with Gasteiger partial charge in [-0.05, 0) is 75.3 Å². The summed E-state index contributed by atoms with van der Waals surface area (Å²) >= 11 is 0. The van der Waals surface area contributed by atoms with Crippen molar-refractivity contribution in [2.24, 2.45) is 0 Å². The highest BCUT2D eigenvalue weighted by Gasteiger charge is 2.23. The molecule has 0 aliphatic heterocycles. The van der Waals surface area contributed by atoms with Gasteiger partial charge >= 0.3 is 0 Å². The lowest BCUT2D eigenvalue weighted by Crippen LogP contribution is -2.11. The van der Waals surface area contributed by atoms with Crippen molar-refractivity contribution in [3.63, 3.8) is 0 Å². The van der Waals surface area contributed by atoms with Crippen LogP contribution in [0.15, 0.2) is 144 Å². The smallest absolute Gasteiger partial charge is 0.149 e. The Bertz CT molecular complexity index is 3020. The maximum atomic E-state index is 11.8. The van der Waals surface area contributed by atoms with E-state index in [9.17, 15) is 5.11 Å². The standard InChI is InChI=1S/C46H33N3O2/c1-46(2,3)32-22-30(35-24-29(19-20-47-35)27-11-5-4-6-12-27)21-31(23-32)36-26-49-37-16-10-9-15-34(37)42-43(45(49)48-36)38(50)25-40-44(42)41-33-14-8-7-13-28(33)17-18-39(41)51-40/h4-26,50H,1-3H3. The summed E-state index contributed by atoms with van der Waals surface area (Å²) in [4.78, 5) is 10.2. The number of fused-ring (bicyclic) bond motifs is 12. The summed E-state index contributed by atoms with van der Waals surface area (Å²) in [6.07, 6.45) is 3.99. The van der Waals surface area contributed by atoms with Crippen molar-refractivity contribution in [3.8, 4) is 39.4 Å². The van der Waals surface area contributed by atoms with Gasteiger partial charge in [-0.15, -0.1) is 0 Å². The molecule has 1 N–H and O–H groups in total. The van der Waals surface area contributed by atoms with Crippen LogP contribution in [0.3, 0.4) is 0 Å². The van der Waals surface area contributed by atoms with Crippen LogP contribution in [-0.2, 0) is 5.41 Å². The number of phenolic OH excluding ortho intramolecular Hbond substituents is 1. The van der Waals surface area contributed by atoms with Crippen molar-refractivity contribution in [1.82, 2.24) is 14.4 Å². The Morgan fingerprint density at radius 3 is 2.16 bits per heavy atom. The third-order valence-electron chi connectivity index (χ3n) is 10.3. The fourth-order valence-electron chi connectivity index (χ4n) is 7.71. The Hall–Kier alpha value is -6.46. The first-order valence-electron chi connectivity index (χ1n) is 17.3. The zero-order valence-corrected chi connectivity index (χ0v) is 28.5. The summed E-state index contributed by atoms with van der Waals surface area (Å²) in [5.41, 5.74) is 10.2. The van der Waals surface area contributed by atoms with Gasteiger partial charge in [0.1, 0.15) is 22.6 Å². The van der Waals surface area contributed by atoms with Gasteiger partial charge in [0, 0.05) is 51.1 Å². The second kappa shape index (κ2) is 10.8. The molecule has 0 spiro atoms. The number of aromatic nitrogens is 3. The van der Waals surface area contributed by atoms with E-state index in [1.54, 1.807) is 6.07 Å². The normalized spacial score (nSPS) is 12.3. The van der Waals surface area contributed by atoms with E-state index in [4.69, 9.17) is 14.4 Å². The molecule has 5 heteroatoms. The van der Waals surface area contributed by atoms with Crippen molar-refractivity contribution in [2.45, 2.75) is 26.2 Å². The minimum absolute atomic E-state index is 0.116. The molecule has 244 valence electrons. The Balaban J connectivity index is 1.26. The highest BCUT2D eigenvalue weighted by Crippen LogP contribution is 2.46. The fraction of sp³-hybridized carbons (Fsp3) is 0.0870. The number of hydrogen-bond acceptors (Lipinski definition) is 4. The van der Waals surface area contributed by atoms with Crippen LogP contribution in [-0.4, -0.2) is 19.5 Å². The molecule has 0 amide bonds. The van der Waals surface area contributed by atoms with E-state index in [0.29, 0.717) is 16.6 Å². The van der Waals surface area contributed by atoms with Gasteiger partial charge < -0.3 is 9.52 Å². The van der Waals surface area contributed by atoms with Crippen LogP contribution in [0.4, 0.5) is 0 Å². The van der Waals surface area contributed by atoms with Crippen LogP contribution < -0.4 is 0 Å². The Morgan fingerprint density at radius 1 is 0.588 bits per heavy atom. The van der Waals surface area contributed by atoms with E-state index in [-0.39, 0.29) is 11.2 Å². The number of pyridine rings is 2. The van der Waals surface area contributed by atoms with Crippen molar-refractivity contribution in [3.05, 3.63) is 145 Å². The molecule has 0 fully saturated rings. The minimum atomic E-state index is -0.116. The summed E-state index contributed by atoms with van der Waals surface area (Å²) in [6, 6.07) is 43.9. The SMILES string of the molecule is CC(C)(C)c1cc(-c2cc(-c3ccccc3)ccn2)cc(-c2cn3c4ccccc4c4c(c(O)cc5oc6ccc7ccccc7c6c54)c3n2)c1. The number of para-hydroxylation sites is 1. The predicted molar refractivity (Wildman–Crippen MR) is 209 cm³/mol. The van der Waals surface area contributed by atoms with Crippen LogP contribution >= 0.6 is 0 Å². The highest BCUT2D eigenvalue weighted by atomic mass is 16.3. The molecule has 0 aliphatic rings. The van der Waals surface area contributed by atoms with E-state index in [0.717, 1.165) is 77.1 Å². The summed E-state index contributed by atoms with van der Waals surface area (Å²) in [7, 11) is 0. The van der Waals surface area contributed by atoms with Gasteiger partial charge in [-0.3, -0.25) is 9.38 Å². The number of phenols is 1. The molecule has 5 nitrogen and oxygen atoms in total. The largest absolute Gasteiger partial charge is 0.507 e. The monoisotopic (exact) mass is 659 g/mol. The lowest BCUT2D eigenvalue weighted by molar-refractivity contribution is 0.481. The lowest BCUT2D eigenvalue weighted by Gasteiger charge is -2.21. The first kappa shape index (κ1) is 29.5. The van der Waals surface area contributed by atoms with Crippen molar-refractivity contribution in [1.29, 1.82) is 0 Å². The maximum Gasteiger partial charge on any atom is 0.149 e. The first-order chi connectivity index (χ1) is 24.8. The van der Waals surface area contributed by atoms with Gasteiger partial charge in [0.25, 0.3) is 0 Å². The maximum absolute atomic E-state index is 11.8. The molecule has 6 aromatic carbocycles. The zero-order valence-electron chi connectivity index (χ0n) is 28.5. The molecule has 0 aliphatic carbocycles. The molecule has 4 aromatic heterocycles. The molecule has 0 atom stereocenters. The average Bonchev–Trinajstić information content (AvgIpc) is 3.77. The Kier molecular flexibility index (Phi) is 6.22. The fourth-order valence-corrected chi connectivity index (χ4v) is 7.71. The van der Waals surface area contributed by atoms with E-state index >= 15 is 0 Å². The number of hydrogen-bond donors (Lipinski definition) is 1. The van der Waals surface area contributed by atoms with Gasteiger partial charge in [0.15, 0.2) is 0 Å². The molecule has 4 heterocycles. The number of nitrogens with zero attached hydrogens (tertiary/aromatic N) is 3. The van der Waals surface area contributed by atoms with Crippen molar-refractivity contribution < 1.29 is 9.52 Å². The molecule has 10 rings (SSSR count). The second-order valence-electron chi connectivity index (χ2n) is 14.5. The van der Waals surface area contributed by atoms with Gasteiger partial charge in [0.2, 0.25) is 0 Å². The number of imidazole rings is 1. The first-order valence-corrected chi connectivity index (χ1v) is 17.3. The van der Waals surface area contributed by atoms with Crippen LogP contribution in [0, 0.1) is 0 Å². The van der Waals surface area contributed by atoms with Crippen molar-refractivity contribution in [2.75, 3.05) is 0 Å². The zero-order chi connectivity index (χ0) is 34.4. The molecule has 51 heavy (non-hydrogen) atoms. The van der Waals surface area contributed by atoms with Gasteiger partial charge in [-0.1, -0.05) is 99.6 Å². The molecular weight excluding hydrogens is 627 g/mol.